The molecule has 2 aliphatic rings. The van der Waals surface area contributed by atoms with Gasteiger partial charge in [-0.2, -0.15) is 0 Å². The lowest BCUT2D eigenvalue weighted by Crippen LogP contribution is -2.39. The van der Waals surface area contributed by atoms with Crippen LogP contribution in [-0.2, 0) is 4.79 Å². The van der Waals surface area contributed by atoms with Crippen molar-refractivity contribution in [2.45, 2.75) is 32.1 Å². The van der Waals surface area contributed by atoms with Gasteiger partial charge in [-0.15, -0.1) is 0 Å². The molecule has 2 fully saturated rings. The topological polar surface area (TPSA) is 56.4 Å². The summed E-state index contributed by atoms with van der Waals surface area (Å²) < 4.78 is 0. The second kappa shape index (κ2) is 6.33. The summed E-state index contributed by atoms with van der Waals surface area (Å²) in [4.78, 5) is 31.6. The maximum Gasteiger partial charge on any atom is 0.270 e. The summed E-state index contributed by atoms with van der Waals surface area (Å²) in [5.41, 5.74) is 0.630. The number of carbonyl (C=O) groups excluding carboxylic acids is 2. The standard InChI is InChI=1S/C16H23N3O2/c20-15(13-5-1-2-6-13)18-9-4-10-19(12-11-18)16(21)14-7-3-8-17-14/h3,7-8,13,17H,1-2,4-6,9-12H2. The van der Waals surface area contributed by atoms with Crippen LogP contribution in [0.4, 0.5) is 0 Å². The van der Waals surface area contributed by atoms with Crippen LogP contribution in [0.5, 0.6) is 0 Å². The predicted molar refractivity (Wildman–Crippen MR) is 79.9 cm³/mol. The van der Waals surface area contributed by atoms with Gasteiger partial charge in [0.1, 0.15) is 5.69 Å². The molecule has 1 saturated heterocycles. The van der Waals surface area contributed by atoms with Gasteiger partial charge in [0.15, 0.2) is 0 Å². The average molecular weight is 289 g/mol. The third kappa shape index (κ3) is 3.12. The second-order valence-electron chi connectivity index (χ2n) is 6.04. The number of H-pyrrole nitrogens is 1. The fraction of sp³-hybridized carbons (Fsp3) is 0.625. The molecule has 0 atom stereocenters. The quantitative estimate of drug-likeness (QED) is 0.903. The first kappa shape index (κ1) is 14.2. The van der Waals surface area contributed by atoms with Crippen molar-refractivity contribution in [3.05, 3.63) is 24.0 Å². The zero-order chi connectivity index (χ0) is 14.7. The third-order valence-electron chi connectivity index (χ3n) is 4.63. The number of aromatic nitrogens is 1. The molecule has 1 aliphatic carbocycles. The maximum absolute atomic E-state index is 12.5. The van der Waals surface area contributed by atoms with Crippen LogP contribution in [0.2, 0.25) is 0 Å². The van der Waals surface area contributed by atoms with Gasteiger partial charge in [-0.1, -0.05) is 12.8 Å². The molecule has 1 saturated carbocycles. The molecule has 114 valence electrons. The number of nitrogens with one attached hydrogen (secondary N) is 1. The zero-order valence-corrected chi connectivity index (χ0v) is 12.4. The van der Waals surface area contributed by atoms with Crippen molar-refractivity contribution in [3.8, 4) is 0 Å². The Morgan fingerprint density at radius 3 is 2.43 bits per heavy atom. The Morgan fingerprint density at radius 1 is 1.00 bits per heavy atom. The Hall–Kier alpha value is -1.78. The van der Waals surface area contributed by atoms with Gasteiger partial charge in [-0.3, -0.25) is 9.59 Å². The minimum atomic E-state index is 0.0372. The summed E-state index contributed by atoms with van der Waals surface area (Å²) in [5, 5.41) is 0. The van der Waals surface area contributed by atoms with E-state index in [0.29, 0.717) is 24.7 Å². The molecular formula is C16H23N3O2. The Bertz CT molecular complexity index is 492. The molecule has 5 nitrogen and oxygen atoms in total. The summed E-state index contributed by atoms with van der Waals surface area (Å²) in [6.45, 7) is 2.81. The van der Waals surface area contributed by atoms with E-state index < -0.39 is 0 Å². The number of amides is 2. The molecule has 1 aromatic rings. The first-order valence-corrected chi connectivity index (χ1v) is 7.97. The molecular weight excluding hydrogens is 266 g/mol. The maximum atomic E-state index is 12.5. The monoisotopic (exact) mass is 289 g/mol. The smallest absolute Gasteiger partial charge is 0.270 e. The number of hydrogen-bond donors (Lipinski definition) is 1. The lowest BCUT2D eigenvalue weighted by molar-refractivity contribution is -0.135. The Balaban J connectivity index is 1.59. The van der Waals surface area contributed by atoms with Crippen molar-refractivity contribution in [1.82, 2.24) is 14.8 Å². The van der Waals surface area contributed by atoms with Gasteiger partial charge in [-0.05, 0) is 31.4 Å². The second-order valence-corrected chi connectivity index (χ2v) is 6.04. The Labute approximate surface area is 125 Å². The molecule has 5 heteroatoms. The first-order chi connectivity index (χ1) is 10.3. The van der Waals surface area contributed by atoms with Crippen molar-refractivity contribution < 1.29 is 9.59 Å². The summed E-state index contributed by atoms with van der Waals surface area (Å²) >= 11 is 0. The van der Waals surface area contributed by atoms with Gasteiger partial charge in [-0.25, -0.2) is 0 Å². The summed E-state index contributed by atoms with van der Waals surface area (Å²) in [6, 6.07) is 3.63. The Kier molecular flexibility index (Phi) is 4.27. The minimum Gasteiger partial charge on any atom is -0.357 e. The van der Waals surface area contributed by atoms with Crippen LogP contribution in [0.15, 0.2) is 18.3 Å². The van der Waals surface area contributed by atoms with Crippen molar-refractivity contribution in [2.24, 2.45) is 5.92 Å². The highest BCUT2D eigenvalue weighted by atomic mass is 16.2. The van der Waals surface area contributed by atoms with E-state index >= 15 is 0 Å². The predicted octanol–water partition coefficient (Wildman–Crippen LogP) is 1.88. The first-order valence-electron chi connectivity index (χ1n) is 7.97. The molecule has 2 heterocycles. The van der Waals surface area contributed by atoms with Gasteiger partial charge in [0, 0.05) is 38.3 Å². The van der Waals surface area contributed by atoms with Gasteiger partial charge >= 0.3 is 0 Å². The fourth-order valence-electron chi connectivity index (χ4n) is 3.41. The molecule has 0 radical (unpaired) electrons. The highest BCUT2D eigenvalue weighted by Crippen LogP contribution is 2.27. The lowest BCUT2D eigenvalue weighted by atomic mass is 10.1. The molecule has 1 N–H and O–H groups in total. The summed E-state index contributed by atoms with van der Waals surface area (Å²) in [6.07, 6.45) is 7.08. The molecule has 0 bridgehead atoms. The molecule has 2 amide bonds. The van der Waals surface area contributed by atoms with Crippen molar-refractivity contribution in [2.75, 3.05) is 26.2 Å². The van der Waals surface area contributed by atoms with Crippen LogP contribution in [0.3, 0.4) is 0 Å². The van der Waals surface area contributed by atoms with Crippen LogP contribution in [-0.4, -0.2) is 52.8 Å². The van der Waals surface area contributed by atoms with Crippen molar-refractivity contribution in [1.29, 1.82) is 0 Å². The molecule has 21 heavy (non-hydrogen) atoms. The van der Waals surface area contributed by atoms with E-state index in [1.54, 1.807) is 12.3 Å². The number of hydrogen-bond acceptors (Lipinski definition) is 2. The number of rotatable bonds is 2. The number of aromatic amines is 1. The average Bonchev–Trinajstić information content (AvgIpc) is 3.15. The largest absolute Gasteiger partial charge is 0.357 e. The normalized spacial score (nSPS) is 20.6. The SMILES string of the molecule is O=C(c1ccc[nH]1)N1CCCN(C(=O)C2CCCC2)CC1. The molecule has 0 unspecified atom stereocenters. The van der Waals surface area contributed by atoms with Gasteiger partial charge in [0.25, 0.3) is 5.91 Å². The molecule has 0 aromatic carbocycles. The third-order valence-corrected chi connectivity index (χ3v) is 4.63. The van der Waals surface area contributed by atoms with Crippen LogP contribution in [0, 0.1) is 5.92 Å². The van der Waals surface area contributed by atoms with Crippen molar-refractivity contribution in [3.63, 3.8) is 0 Å². The van der Waals surface area contributed by atoms with E-state index in [1.807, 2.05) is 15.9 Å². The summed E-state index contributed by atoms with van der Waals surface area (Å²) in [7, 11) is 0. The van der Waals surface area contributed by atoms with E-state index in [1.165, 1.54) is 12.8 Å². The number of carbonyl (C=O) groups is 2. The van der Waals surface area contributed by atoms with Gasteiger partial charge in [0.05, 0.1) is 0 Å². The van der Waals surface area contributed by atoms with Crippen LogP contribution in [0.1, 0.15) is 42.6 Å². The van der Waals surface area contributed by atoms with Gasteiger partial charge in [0.2, 0.25) is 5.91 Å². The Morgan fingerprint density at radius 2 is 1.71 bits per heavy atom. The van der Waals surface area contributed by atoms with E-state index in [4.69, 9.17) is 0 Å². The van der Waals surface area contributed by atoms with Crippen LogP contribution < -0.4 is 0 Å². The zero-order valence-electron chi connectivity index (χ0n) is 12.4. The number of nitrogens with zero attached hydrogens (tertiary/aromatic N) is 2. The minimum absolute atomic E-state index is 0.0372. The van der Waals surface area contributed by atoms with Crippen LogP contribution >= 0.6 is 0 Å². The molecule has 0 spiro atoms. The highest BCUT2D eigenvalue weighted by molar-refractivity contribution is 5.92. The van der Waals surface area contributed by atoms with E-state index in [0.717, 1.165) is 32.4 Å². The van der Waals surface area contributed by atoms with Crippen LogP contribution in [0.25, 0.3) is 0 Å². The van der Waals surface area contributed by atoms with Gasteiger partial charge < -0.3 is 14.8 Å². The fourth-order valence-corrected chi connectivity index (χ4v) is 3.41. The van der Waals surface area contributed by atoms with E-state index in [9.17, 15) is 9.59 Å². The van der Waals surface area contributed by atoms with E-state index in [-0.39, 0.29) is 11.8 Å². The molecule has 1 aromatic heterocycles. The molecule has 1 aliphatic heterocycles. The summed E-state index contributed by atoms with van der Waals surface area (Å²) in [5.74, 6) is 0.576. The van der Waals surface area contributed by atoms with Crippen molar-refractivity contribution >= 4 is 11.8 Å². The molecule has 3 rings (SSSR count). The lowest BCUT2D eigenvalue weighted by Gasteiger charge is -2.24. The van der Waals surface area contributed by atoms with E-state index in [2.05, 4.69) is 4.98 Å². The highest BCUT2D eigenvalue weighted by Gasteiger charge is 2.29.